The second-order valence-electron chi connectivity index (χ2n) is 4.88. The molecule has 2 atom stereocenters. The summed E-state index contributed by atoms with van der Waals surface area (Å²) in [7, 11) is 0. The fraction of sp³-hybridized carbons (Fsp3) is 0.538. The maximum Gasteiger partial charge on any atom is 0.274 e. The van der Waals surface area contributed by atoms with Gasteiger partial charge in [-0.05, 0) is 18.8 Å². The first-order valence-corrected chi connectivity index (χ1v) is 6.10. The smallest absolute Gasteiger partial charge is 0.274 e. The van der Waals surface area contributed by atoms with Crippen LogP contribution in [0.2, 0.25) is 0 Å². The van der Waals surface area contributed by atoms with Crippen LogP contribution in [0.4, 0.5) is 5.69 Å². The van der Waals surface area contributed by atoms with Gasteiger partial charge in [-0.25, -0.2) is 0 Å². The van der Waals surface area contributed by atoms with E-state index in [-0.39, 0.29) is 18.1 Å². The fourth-order valence-electron chi connectivity index (χ4n) is 1.83. The van der Waals surface area contributed by atoms with Crippen molar-refractivity contribution in [3.8, 4) is 0 Å². The lowest BCUT2D eigenvalue weighted by Gasteiger charge is -2.19. The van der Waals surface area contributed by atoms with Crippen molar-refractivity contribution in [2.75, 3.05) is 0 Å². The highest BCUT2D eigenvalue weighted by Crippen LogP contribution is 2.27. The number of halogens is 1. The third-order valence-electron chi connectivity index (χ3n) is 2.95. The number of nitro groups is 1. The number of nitro benzene ring substituents is 1. The molecule has 0 aliphatic rings. The van der Waals surface area contributed by atoms with Gasteiger partial charge in [0.15, 0.2) is 0 Å². The average Bonchev–Trinajstić information content (AvgIpc) is 2.34. The average molecular weight is 289 g/mol. The van der Waals surface area contributed by atoms with Gasteiger partial charge in [-0.15, -0.1) is 12.4 Å². The summed E-state index contributed by atoms with van der Waals surface area (Å²) in [5.74, 6) is 0.470. The Bertz CT molecular complexity index is 413. The Kier molecular flexibility index (Phi) is 7.59. The van der Waals surface area contributed by atoms with Crippen LogP contribution in [0.15, 0.2) is 24.3 Å². The number of nitrogens with zero attached hydrogens (tertiary/aromatic N) is 1. The van der Waals surface area contributed by atoms with Crippen molar-refractivity contribution in [1.82, 2.24) is 0 Å². The molecule has 0 bridgehead atoms. The summed E-state index contributed by atoms with van der Waals surface area (Å²) in [5, 5.41) is 20.9. The molecule has 0 aromatic heterocycles. The number of benzene rings is 1. The maximum absolute atomic E-state index is 10.9. The van der Waals surface area contributed by atoms with Gasteiger partial charge in [-0.1, -0.05) is 32.0 Å². The van der Waals surface area contributed by atoms with Crippen molar-refractivity contribution in [2.45, 2.75) is 38.8 Å². The van der Waals surface area contributed by atoms with E-state index in [4.69, 9.17) is 5.73 Å². The van der Waals surface area contributed by atoms with E-state index in [0.717, 1.165) is 6.42 Å². The van der Waals surface area contributed by atoms with Gasteiger partial charge in [0.1, 0.15) is 0 Å². The largest absolute Gasteiger partial charge is 0.391 e. The van der Waals surface area contributed by atoms with Gasteiger partial charge in [-0.2, -0.15) is 0 Å². The zero-order chi connectivity index (χ0) is 13.7. The van der Waals surface area contributed by atoms with Crippen LogP contribution in [0.25, 0.3) is 0 Å². The summed E-state index contributed by atoms with van der Waals surface area (Å²) in [4.78, 5) is 10.4. The lowest BCUT2D eigenvalue weighted by molar-refractivity contribution is -0.385. The SMILES string of the molecule is CC(C)CC[C@@H](O)[C@@H](N)c1ccccc1[N+](=O)[O-].Cl. The van der Waals surface area contributed by atoms with Crippen molar-refractivity contribution in [3.05, 3.63) is 39.9 Å². The molecule has 0 fully saturated rings. The van der Waals surface area contributed by atoms with Gasteiger partial charge in [0.2, 0.25) is 0 Å². The first-order chi connectivity index (χ1) is 8.43. The molecular weight excluding hydrogens is 268 g/mol. The summed E-state index contributed by atoms with van der Waals surface area (Å²) in [6.07, 6.45) is 0.633. The molecule has 0 unspecified atom stereocenters. The van der Waals surface area contributed by atoms with E-state index in [1.54, 1.807) is 18.2 Å². The van der Waals surface area contributed by atoms with E-state index in [9.17, 15) is 15.2 Å². The van der Waals surface area contributed by atoms with Crippen molar-refractivity contribution < 1.29 is 10.0 Å². The first-order valence-electron chi connectivity index (χ1n) is 6.10. The van der Waals surface area contributed by atoms with Crippen LogP contribution in [0, 0.1) is 16.0 Å². The van der Waals surface area contributed by atoms with Crippen LogP contribution >= 0.6 is 12.4 Å². The molecule has 6 heteroatoms. The molecule has 0 saturated heterocycles. The molecule has 1 rings (SSSR count). The van der Waals surface area contributed by atoms with Crippen LogP contribution in [-0.4, -0.2) is 16.1 Å². The third-order valence-corrected chi connectivity index (χ3v) is 2.95. The number of aliphatic hydroxyl groups excluding tert-OH is 1. The predicted molar refractivity (Wildman–Crippen MR) is 77.4 cm³/mol. The standard InChI is InChI=1S/C13H20N2O3.ClH/c1-9(2)7-8-12(16)13(14)10-5-3-4-6-11(10)15(17)18;/h3-6,9,12-13,16H,7-8,14H2,1-2H3;1H/t12-,13+;/m1./s1. The molecule has 1 aromatic carbocycles. The highest BCUT2D eigenvalue weighted by Gasteiger charge is 2.24. The highest BCUT2D eigenvalue weighted by atomic mass is 35.5. The Morgan fingerprint density at radius 1 is 1.32 bits per heavy atom. The number of para-hydroxylation sites is 1. The summed E-state index contributed by atoms with van der Waals surface area (Å²) in [6.45, 7) is 4.12. The Hall–Kier alpha value is -1.17. The Morgan fingerprint density at radius 3 is 2.42 bits per heavy atom. The van der Waals surface area contributed by atoms with Gasteiger partial charge in [-0.3, -0.25) is 10.1 Å². The molecule has 0 aliphatic heterocycles. The molecule has 0 radical (unpaired) electrons. The lowest BCUT2D eigenvalue weighted by atomic mass is 9.95. The fourth-order valence-corrected chi connectivity index (χ4v) is 1.83. The van der Waals surface area contributed by atoms with Crippen LogP contribution in [0.1, 0.15) is 38.3 Å². The van der Waals surface area contributed by atoms with E-state index in [0.29, 0.717) is 17.9 Å². The lowest BCUT2D eigenvalue weighted by Crippen LogP contribution is -2.27. The minimum Gasteiger partial charge on any atom is -0.391 e. The monoisotopic (exact) mass is 288 g/mol. The molecule has 19 heavy (non-hydrogen) atoms. The van der Waals surface area contributed by atoms with Crippen molar-refractivity contribution in [3.63, 3.8) is 0 Å². The summed E-state index contributed by atoms with van der Waals surface area (Å²) in [6, 6.07) is 5.57. The van der Waals surface area contributed by atoms with Gasteiger partial charge in [0.25, 0.3) is 5.69 Å². The topological polar surface area (TPSA) is 89.4 Å². The number of hydrogen-bond donors (Lipinski definition) is 2. The Morgan fingerprint density at radius 2 is 1.89 bits per heavy atom. The van der Waals surface area contributed by atoms with Crippen molar-refractivity contribution in [1.29, 1.82) is 0 Å². The van der Waals surface area contributed by atoms with E-state index in [1.165, 1.54) is 6.07 Å². The second kappa shape index (κ2) is 8.09. The predicted octanol–water partition coefficient (Wildman–Crippen LogP) is 2.81. The zero-order valence-corrected chi connectivity index (χ0v) is 12.0. The Labute approximate surface area is 119 Å². The van der Waals surface area contributed by atoms with Gasteiger partial charge < -0.3 is 10.8 Å². The minimum atomic E-state index is -0.756. The highest BCUT2D eigenvalue weighted by molar-refractivity contribution is 5.85. The molecule has 0 saturated carbocycles. The summed E-state index contributed by atoms with van der Waals surface area (Å²) >= 11 is 0. The van der Waals surface area contributed by atoms with Crippen LogP contribution in [0.5, 0.6) is 0 Å². The van der Waals surface area contributed by atoms with Gasteiger partial charge in [0, 0.05) is 11.6 Å². The van der Waals surface area contributed by atoms with E-state index >= 15 is 0 Å². The molecule has 5 nitrogen and oxygen atoms in total. The van der Waals surface area contributed by atoms with Crippen molar-refractivity contribution >= 4 is 18.1 Å². The minimum absolute atomic E-state index is 0. The molecule has 1 aromatic rings. The van der Waals surface area contributed by atoms with Crippen LogP contribution < -0.4 is 5.73 Å². The molecule has 0 aliphatic carbocycles. The molecule has 0 spiro atoms. The molecule has 0 heterocycles. The molecule has 0 amide bonds. The van der Waals surface area contributed by atoms with Crippen molar-refractivity contribution in [2.24, 2.45) is 11.7 Å². The van der Waals surface area contributed by atoms with E-state index in [2.05, 4.69) is 13.8 Å². The molecule has 108 valence electrons. The number of aliphatic hydroxyl groups is 1. The van der Waals surface area contributed by atoms with E-state index in [1.807, 2.05) is 0 Å². The second-order valence-corrected chi connectivity index (χ2v) is 4.88. The first kappa shape index (κ1) is 17.8. The number of nitrogens with two attached hydrogens (primary N) is 1. The number of hydrogen-bond acceptors (Lipinski definition) is 4. The zero-order valence-electron chi connectivity index (χ0n) is 11.2. The molecule has 3 N–H and O–H groups in total. The van der Waals surface area contributed by atoms with E-state index < -0.39 is 17.1 Å². The normalized spacial score (nSPS) is 13.7. The summed E-state index contributed by atoms with van der Waals surface area (Å²) in [5.41, 5.74) is 6.26. The Balaban J connectivity index is 0.00000324. The van der Waals surface area contributed by atoms with Gasteiger partial charge >= 0.3 is 0 Å². The molecular formula is C13H21ClN2O3. The van der Waals surface area contributed by atoms with Crippen LogP contribution in [0.3, 0.4) is 0 Å². The third kappa shape index (κ3) is 5.14. The van der Waals surface area contributed by atoms with Gasteiger partial charge in [0.05, 0.1) is 17.1 Å². The maximum atomic E-state index is 10.9. The van der Waals surface area contributed by atoms with Crippen LogP contribution in [-0.2, 0) is 0 Å². The number of rotatable bonds is 6. The summed E-state index contributed by atoms with van der Waals surface area (Å²) < 4.78 is 0. The quantitative estimate of drug-likeness (QED) is 0.622.